The fourth-order valence-electron chi connectivity index (χ4n) is 4.76. The third-order valence-electron chi connectivity index (χ3n) is 6.57. The summed E-state index contributed by atoms with van der Waals surface area (Å²) in [4.78, 5) is 3.80. The molecule has 114 valence electrons. The van der Waals surface area contributed by atoms with Gasteiger partial charge in [-0.3, -0.25) is 0 Å². The van der Waals surface area contributed by atoms with Crippen LogP contribution in [-0.2, 0) is 0 Å². The quantitative estimate of drug-likeness (QED) is 0.558. The van der Waals surface area contributed by atoms with E-state index in [0.717, 1.165) is 24.2 Å². The van der Waals surface area contributed by atoms with Crippen LogP contribution in [-0.4, -0.2) is 29.8 Å². The normalized spacial score (nSPS) is 39.0. The molecule has 0 aromatic carbocycles. The van der Waals surface area contributed by atoms with Crippen molar-refractivity contribution in [1.82, 2.24) is 4.90 Å². The Labute approximate surface area is 132 Å². The molecule has 1 aliphatic heterocycles. The van der Waals surface area contributed by atoms with E-state index in [2.05, 4.69) is 47.4 Å². The van der Waals surface area contributed by atoms with Crippen LogP contribution in [0.25, 0.3) is 0 Å². The van der Waals surface area contributed by atoms with Gasteiger partial charge in [0, 0.05) is 18.5 Å². The van der Waals surface area contributed by atoms with Crippen LogP contribution in [0.3, 0.4) is 0 Å². The van der Waals surface area contributed by atoms with Gasteiger partial charge in [0.05, 0.1) is 4.99 Å². The van der Waals surface area contributed by atoms with Gasteiger partial charge < -0.3 is 4.90 Å². The summed E-state index contributed by atoms with van der Waals surface area (Å²) >= 11 is 5.74. The summed E-state index contributed by atoms with van der Waals surface area (Å²) in [6.45, 7) is 12.0. The highest BCUT2D eigenvalue weighted by atomic mass is 32.1. The van der Waals surface area contributed by atoms with Crippen LogP contribution >= 0.6 is 12.2 Å². The summed E-state index contributed by atoms with van der Waals surface area (Å²) < 4.78 is 0. The van der Waals surface area contributed by atoms with Gasteiger partial charge in [0.2, 0.25) is 0 Å². The zero-order chi connectivity index (χ0) is 15.1. The van der Waals surface area contributed by atoms with Crippen LogP contribution in [0.2, 0.25) is 5.31 Å². The first-order valence-corrected chi connectivity index (χ1v) is 9.01. The average Bonchev–Trinajstić information content (AvgIpc) is 2.68. The topological polar surface area (TPSA) is 3.24 Å². The van der Waals surface area contributed by atoms with Gasteiger partial charge in [-0.15, -0.1) is 0 Å². The van der Waals surface area contributed by atoms with Crippen LogP contribution in [0.15, 0.2) is 0 Å². The molecule has 0 N–H and O–H groups in total. The standard InChI is InChI=1S/C17H32BNS/c1-11(2)17(18)9-7-6-8-15-14(13(17)5)10-16(20)19(15)12(3)4/h11-15H,6-10,18H2,1-5H3. The number of rotatable bonds is 2. The molecule has 1 aliphatic carbocycles. The van der Waals surface area contributed by atoms with Crippen LogP contribution in [0.5, 0.6) is 0 Å². The van der Waals surface area contributed by atoms with Gasteiger partial charge in [-0.05, 0) is 38.0 Å². The lowest BCUT2D eigenvalue weighted by molar-refractivity contribution is 0.118. The van der Waals surface area contributed by atoms with Gasteiger partial charge in [0.25, 0.3) is 0 Å². The van der Waals surface area contributed by atoms with E-state index in [-0.39, 0.29) is 0 Å². The Morgan fingerprint density at radius 1 is 1.25 bits per heavy atom. The minimum absolute atomic E-state index is 0.478. The number of fused-ring (bicyclic) bond motifs is 1. The first-order valence-electron chi connectivity index (χ1n) is 8.60. The number of thiocarbonyl (C=S) groups is 1. The highest BCUT2D eigenvalue weighted by Crippen LogP contribution is 2.53. The summed E-state index contributed by atoms with van der Waals surface area (Å²) in [5.41, 5.74) is 0. The maximum Gasteiger partial charge on any atom is 0.110 e. The summed E-state index contributed by atoms with van der Waals surface area (Å²) in [6, 6.07) is 1.27. The minimum atomic E-state index is 0.478. The van der Waals surface area contributed by atoms with Crippen molar-refractivity contribution in [2.75, 3.05) is 0 Å². The van der Waals surface area contributed by atoms with Crippen molar-refractivity contribution < 1.29 is 0 Å². The van der Waals surface area contributed by atoms with Crippen LogP contribution in [0.4, 0.5) is 0 Å². The van der Waals surface area contributed by atoms with Gasteiger partial charge in [0.1, 0.15) is 7.85 Å². The van der Waals surface area contributed by atoms with Crippen molar-refractivity contribution in [3.63, 3.8) is 0 Å². The molecule has 1 saturated carbocycles. The fourth-order valence-corrected chi connectivity index (χ4v) is 5.30. The molecule has 0 spiro atoms. The van der Waals surface area contributed by atoms with Crippen LogP contribution in [0.1, 0.15) is 66.7 Å². The van der Waals surface area contributed by atoms with Gasteiger partial charge >= 0.3 is 0 Å². The summed E-state index contributed by atoms with van der Waals surface area (Å²) in [5, 5.41) is 0.478. The Kier molecular flexibility index (Phi) is 4.89. The number of hydrogen-bond acceptors (Lipinski definition) is 1. The molecule has 1 saturated heterocycles. The molecule has 4 unspecified atom stereocenters. The zero-order valence-corrected chi connectivity index (χ0v) is 15.1. The van der Waals surface area contributed by atoms with Crippen LogP contribution in [0, 0.1) is 17.8 Å². The lowest BCUT2D eigenvalue weighted by Gasteiger charge is -2.47. The Morgan fingerprint density at radius 3 is 2.45 bits per heavy atom. The van der Waals surface area contributed by atoms with Crippen molar-refractivity contribution in [2.24, 2.45) is 17.8 Å². The monoisotopic (exact) mass is 293 g/mol. The first-order chi connectivity index (χ1) is 9.29. The van der Waals surface area contributed by atoms with E-state index < -0.39 is 0 Å². The molecule has 2 rings (SSSR count). The lowest BCUT2D eigenvalue weighted by atomic mass is 9.49. The molecule has 20 heavy (non-hydrogen) atoms. The molecule has 0 bridgehead atoms. The first kappa shape index (κ1) is 16.3. The Hall–Kier alpha value is -0.0451. The largest absolute Gasteiger partial charge is 0.360 e. The second kappa shape index (κ2) is 5.98. The smallest absolute Gasteiger partial charge is 0.110 e. The van der Waals surface area contributed by atoms with Crippen molar-refractivity contribution in [3.8, 4) is 0 Å². The Morgan fingerprint density at radius 2 is 1.90 bits per heavy atom. The van der Waals surface area contributed by atoms with Gasteiger partial charge in [0.15, 0.2) is 0 Å². The van der Waals surface area contributed by atoms with Crippen molar-refractivity contribution in [3.05, 3.63) is 0 Å². The van der Waals surface area contributed by atoms with E-state index in [4.69, 9.17) is 12.2 Å². The van der Waals surface area contributed by atoms with Crippen molar-refractivity contribution >= 4 is 25.1 Å². The van der Waals surface area contributed by atoms with Crippen molar-refractivity contribution in [2.45, 2.75) is 84.1 Å². The number of likely N-dealkylation sites (tertiary alicyclic amines) is 1. The molecule has 4 atom stereocenters. The third-order valence-corrected chi connectivity index (χ3v) is 6.95. The summed E-state index contributed by atoms with van der Waals surface area (Å²) in [7, 11) is 2.53. The lowest BCUT2D eigenvalue weighted by Crippen LogP contribution is -2.44. The maximum absolute atomic E-state index is 5.74. The van der Waals surface area contributed by atoms with Gasteiger partial charge in [-0.25, -0.2) is 0 Å². The SMILES string of the molecule is BC1(C(C)C)CCCCC2C(CC(=S)N2C(C)C)C1C. The van der Waals surface area contributed by atoms with Crippen molar-refractivity contribution in [1.29, 1.82) is 0 Å². The molecule has 0 aromatic rings. The van der Waals surface area contributed by atoms with E-state index in [1.165, 1.54) is 30.7 Å². The molecule has 1 heterocycles. The summed E-state index contributed by atoms with van der Waals surface area (Å²) in [6.07, 6.45) is 6.66. The predicted molar refractivity (Wildman–Crippen MR) is 95.2 cm³/mol. The van der Waals surface area contributed by atoms with E-state index in [9.17, 15) is 0 Å². The third kappa shape index (κ3) is 2.67. The Bertz CT molecular complexity index is 368. The second-order valence-electron chi connectivity index (χ2n) is 8.03. The maximum atomic E-state index is 5.74. The molecule has 3 heteroatoms. The number of nitrogens with zero attached hydrogens (tertiary/aromatic N) is 1. The Balaban J connectivity index is 2.31. The second-order valence-corrected chi connectivity index (χ2v) is 8.50. The molecule has 2 aliphatic rings. The molecular weight excluding hydrogens is 261 g/mol. The van der Waals surface area contributed by atoms with Gasteiger partial charge in [-0.1, -0.05) is 57.6 Å². The van der Waals surface area contributed by atoms with E-state index in [1.54, 1.807) is 0 Å². The molecule has 0 radical (unpaired) electrons. The highest BCUT2D eigenvalue weighted by molar-refractivity contribution is 7.80. The molecule has 2 fully saturated rings. The molecule has 0 aromatic heterocycles. The highest BCUT2D eigenvalue weighted by Gasteiger charge is 2.47. The number of hydrogen-bond donors (Lipinski definition) is 0. The van der Waals surface area contributed by atoms with E-state index >= 15 is 0 Å². The zero-order valence-electron chi connectivity index (χ0n) is 14.3. The van der Waals surface area contributed by atoms with E-state index in [0.29, 0.717) is 17.4 Å². The fraction of sp³-hybridized carbons (Fsp3) is 0.941. The van der Waals surface area contributed by atoms with Crippen LogP contribution < -0.4 is 0 Å². The van der Waals surface area contributed by atoms with E-state index in [1.807, 2.05) is 0 Å². The predicted octanol–water partition coefficient (Wildman–Crippen LogP) is 4.07. The minimum Gasteiger partial charge on any atom is -0.360 e. The van der Waals surface area contributed by atoms with Gasteiger partial charge in [-0.2, -0.15) is 0 Å². The average molecular weight is 293 g/mol. The molecule has 0 amide bonds. The molecular formula is C17H32BNS. The summed E-state index contributed by atoms with van der Waals surface area (Å²) in [5.74, 6) is 2.31. The molecule has 1 nitrogen and oxygen atoms in total.